The fourth-order valence-electron chi connectivity index (χ4n) is 2.26. The number of carbonyl (C=O) groups excluding carboxylic acids is 1. The molecule has 16 heavy (non-hydrogen) atoms. The highest BCUT2D eigenvalue weighted by Crippen LogP contribution is 2.30. The fraction of sp³-hybridized carbons (Fsp3) is 0.917. The maximum Gasteiger partial charge on any atom is 0.236 e. The summed E-state index contributed by atoms with van der Waals surface area (Å²) in [5, 5.41) is 13.1. The van der Waals surface area contributed by atoms with Crippen LogP contribution in [0, 0.1) is 5.41 Å². The minimum Gasteiger partial charge on any atom is -0.390 e. The van der Waals surface area contributed by atoms with E-state index in [4.69, 9.17) is 0 Å². The van der Waals surface area contributed by atoms with Crippen LogP contribution in [0.25, 0.3) is 0 Å². The topological polar surface area (TPSA) is 52.6 Å². The van der Waals surface area contributed by atoms with Crippen molar-refractivity contribution in [2.75, 3.05) is 20.1 Å². The van der Waals surface area contributed by atoms with Crippen LogP contribution in [0.1, 0.15) is 33.6 Å². The van der Waals surface area contributed by atoms with Crippen molar-refractivity contribution < 1.29 is 9.90 Å². The molecule has 0 bridgehead atoms. The maximum absolute atomic E-state index is 11.8. The monoisotopic (exact) mass is 228 g/mol. The van der Waals surface area contributed by atoms with Crippen molar-refractivity contribution >= 4 is 5.91 Å². The summed E-state index contributed by atoms with van der Waals surface area (Å²) in [7, 11) is 1.77. The fourth-order valence-corrected chi connectivity index (χ4v) is 2.26. The van der Waals surface area contributed by atoms with Gasteiger partial charge in [-0.3, -0.25) is 4.79 Å². The molecule has 1 saturated heterocycles. The number of nitrogens with one attached hydrogen (secondary N) is 1. The van der Waals surface area contributed by atoms with Crippen LogP contribution in [0.2, 0.25) is 0 Å². The number of nitrogens with zero attached hydrogens (tertiary/aromatic N) is 1. The number of aliphatic hydroxyl groups excluding tert-OH is 1. The van der Waals surface area contributed by atoms with E-state index >= 15 is 0 Å². The average Bonchev–Trinajstić information content (AvgIpc) is 2.63. The Morgan fingerprint density at radius 3 is 2.69 bits per heavy atom. The zero-order chi connectivity index (χ0) is 12.3. The normalized spacial score (nSPS) is 23.6. The first-order valence-electron chi connectivity index (χ1n) is 6.00. The van der Waals surface area contributed by atoms with E-state index in [2.05, 4.69) is 5.32 Å². The molecule has 4 nitrogen and oxygen atoms in total. The molecule has 0 aliphatic carbocycles. The lowest BCUT2D eigenvalue weighted by molar-refractivity contribution is -0.134. The second-order valence-corrected chi connectivity index (χ2v) is 5.64. The van der Waals surface area contributed by atoms with Crippen LogP contribution < -0.4 is 5.32 Å². The third-order valence-electron chi connectivity index (χ3n) is 3.20. The van der Waals surface area contributed by atoms with Crippen LogP contribution >= 0.6 is 0 Å². The number of rotatable bonds is 3. The molecule has 0 aromatic heterocycles. The predicted molar refractivity (Wildman–Crippen MR) is 64.1 cm³/mol. The maximum atomic E-state index is 11.8. The highest BCUT2D eigenvalue weighted by molar-refractivity contribution is 5.78. The van der Waals surface area contributed by atoms with Crippen molar-refractivity contribution in [2.24, 2.45) is 5.41 Å². The van der Waals surface area contributed by atoms with Crippen LogP contribution in [0.15, 0.2) is 0 Å². The summed E-state index contributed by atoms with van der Waals surface area (Å²) in [6, 6.07) is -0.0131. The number of hydrogen-bond donors (Lipinski definition) is 2. The smallest absolute Gasteiger partial charge is 0.236 e. The van der Waals surface area contributed by atoms with Crippen LogP contribution in [0.5, 0.6) is 0 Å². The first-order chi connectivity index (χ1) is 7.38. The summed E-state index contributed by atoms with van der Waals surface area (Å²) in [6.07, 6.45) is 1.46. The van der Waals surface area contributed by atoms with Gasteiger partial charge in [-0.25, -0.2) is 0 Å². The minimum absolute atomic E-state index is 0.0131. The second kappa shape index (κ2) is 5.15. The molecule has 1 amide bonds. The molecular weight excluding hydrogens is 204 g/mol. The number of carbonyl (C=O) groups is 1. The van der Waals surface area contributed by atoms with Gasteiger partial charge in [0.25, 0.3) is 0 Å². The Bertz CT molecular complexity index is 248. The Balaban J connectivity index is 2.69. The van der Waals surface area contributed by atoms with Crippen molar-refractivity contribution in [2.45, 2.75) is 45.8 Å². The quantitative estimate of drug-likeness (QED) is 0.744. The molecule has 1 unspecified atom stereocenters. The zero-order valence-corrected chi connectivity index (χ0v) is 10.8. The Kier molecular flexibility index (Phi) is 4.33. The van der Waals surface area contributed by atoms with Gasteiger partial charge >= 0.3 is 0 Å². The van der Waals surface area contributed by atoms with E-state index in [0.717, 1.165) is 19.4 Å². The van der Waals surface area contributed by atoms with Gasteiger partial charge in [0, 0.05) is 6.54 Å². The lowest BCUT2D eigenvalue weighted by Crippen LogP contribution is -2.49. The molecule has 0 radical (unpaired) electrons. The van der Waals surface area contributed by atoms with Gasteiger partial charge in [-0.1, -0.05) is 20.8 Å². The number of amides is 1. The Hall–Kier alpha value is -0.610. The van der Waals surface area contributed by atoms with Gasteiger partial charge in [0.1, 0.15) is 0 Å². The highest BCUT2D eigenvalue weighted by atomic mass is 16.3. The number of likely N-dealkylation sites (N-methyl/N-ethyl adjacent to an activating group) is 1. The van der Waals surface area contributed by atoms with Gasteiger partial charge in [-0.15, -0.1) is 0 Å². The third kappa shape index (κ3) is 2.95. The van der Waals surface area contributed by atoms with E-state index in [0.29, 0.717) is 6.54 Å². The Morgan fingerprint density at radius 1 is 1.56 bits per heavy atom. The third-order valence-corrected chi connectivity index (χ3v) is 3.20. The zero-order valence-electron chi connectivity index (χ0n) is 10.8. The summed E-state index contributed by atoms with van der Waals surface area (Å²) in [5.41, 5.74) is -0.173. The summed E-state index contributed by atoms with van der Waals surface area (Å²) < 4.78 is 0. The number of hydrogen-bond acceptors (Lipinski definition) is 3. The van der Waals surface area contributed by atoms with Gasteiger partial charge in [0.05, 0.1) is 18.7 Å². The van der Waals surface area contributed by atoms with Crippen molar-refractivity contribution in [1.29, 1.82) is 0 Å². The van der Waals surface area contributed by atoms with Gasteiger partial charge in [0.2, 0.25) is 5.91 Å². The van der Waals surface area contributed by atoms with Gasteiger partial charge in [0.15, 0.2) is 0 Å². The van der Waals surface area contributed by atoms with Crippen LogP contribution in [0.4, 0.5) is 0 Å². The largest absolute Gasteiger partial charge is 0.390 e. The average molecular weight is 228 g/mol. The summed E-state index contributed by atoms with van der Waals surface area (Å²) in [5.74, 6) is 0.0910. The molecule has 0 saturated carbocycles. The van der Waals surface area contributed by atoms with Crippen molar-refractivity contribution in [1.82, 2.24) is 10.2 Å². The summed E-state index contributed by atoms with van der Waals surface area (Å²) >= 11 is 0. The molecule has 1 fully saturated rings. The molecule has 4 heteroatoms. The number of likely N-dealkylation sites (tertiary alicyclic amines) is 1. The van der Waals surface area contributed by atoms with Crippen molar-refractivity contribution in [3.05, 3.63) is 0 Å². The second-order valence-electron chi connectivity index (χ2n) is 5.64. The molecule has 1 aliphatic rings. The van der Waals surface area contributed by atoms with Gasteiger partial charge in [-0.2, -0.15) is 0 Å². The molecule has 1 aliphatic heterocycles. The molecule has 1 rings (SSSR count). The molecule has 1 heterocycles. The predicted octanol–water partition coefficient (Wildman–Crippen LogP) is 0.604. The van der Waals surface area contributed by atoms with Crippen LogP contribution in [-0.4, -0.2) is 48.2 Å². The first kappa shape index (κ1) is 13.5. The molecule has 2 atom stereocenters. The summed E-state index contributed by atoms with van der Waals surface area (Å²) in [6.45, 7) is 7.16. The lowest BCUT2D eigenvalue weighted by Gasteiger charge is -2.36. The highest BCUT2D eigenvalue weighted by Gasteiger charge is 2.38. The van der Waals surface area contributed by atoms with Gasteiger partial charge in [-0.05, 0) is 25.3 Å². The van der Waals surface area contributed by atoms with Crippen LogP contribution in [-0.2, 0) is 4.79 Å². The van der Waals surface area contributed by atoms with E-state index in [1.165, 1.54) is 0 Å². The summed E-state index contributed by atoms with van der Waals surface area (Å²) in [4.78, 5) is 13.7. The molecule has 0 aromatic rings. The van der Waals surface area contributed by atoms with Gasteiger partial charge < -0.3 is 15.3 Å². The lowest BCUT2D eigenvalue weighted by atomic mass is 9.84. The van der Waals surface area contributed by atoms with Crippen molar-refractivity contribution in [3.63, 3.8) is 0 Å². The standard InChI is InChI=1S/C12H24N2O2/c1-12(2,3)11(16)9-6-5-7-14(9)10(15)8-13-4/h9,11,13,16H,5-8H2,1-4H3/t9-,11?/m0/s1. The van der Waals surface area contributed by atoms with E-state index in [1.807, 2.05) is 25.7 Å². The van der Waals surface area contributed by atoms with E-state index < -0.39 is 6.10 Å². The SMILES string of the molecule is CNCC(=O)N1CCC[C@H]1C(O)C(C)(C)C. The first-order valence-corrected chi connectivity index (χ1v) is 6.00. The minimum atomic E-state index is -0.448. The molecule has 0 aromatic carbocycles. The molecule has 2 N–H and O–H groups in total. The van der Waals surface area contributed by atoms with E-state index in [9.17, 15) is 9.90 Å². The van der Waals surface area contributed by atoms with Crippen LogP contribution in [0.3, 0.4) is 0 Å². The van der Waals surface area contributed by atoms with E-state index in [1.54, 1.807) is 7.05 Å². The Labute approximate surface area is 98.0 Å². The van der Waals surface area contributed by atoms with E-state index in [-0.39, 0.29) is 17.4 Å². The Morgan fingerprint density at radius 2 is 2.19 bits per heavy atom. The molecule has 94 valence electrons. The number of aliphatic hydroxyl groups is 1. The van der Waals surface area contributed by atoms with Crippen molar-refractivity contribution in [3.8, 4) is 0 Å². The molecular formula is C12H24N2O2. The molecule has 0 spiro atoms.